The Balaban J connectivity index is 1.44. The number of nitrogens with zero attached hydrogens (tertiary/aromatic N) is 3. The third-order valence-corrected chi connectivity index (χ3v) is 6.28. The molecule has 0 spiro atoms. The third-order valence-electron chi connectivity index (χ3n) is 6.28. The van der Waals surface area contributed by atoms with E-state index in [0.29, 0.717) is 11.1 Å². The third kappa shape index (κ3) is 4.45. The van der Waals surface area contributed by atoms with Crippen LogP contribution in [0.2, 0.25) is 0 Å². The lowest BCUT2D eigenvalue weighted by atomic mass is 9.99. The van der Waals surface area contributed by atoms with Gasteiger partial charge in [0, 0.05) is 49.9 Å². The van der Waals surface area contributed by atoms with E-state index in [2.05, 4.69) is 51.2 Å². The van der Waals surface area contributed by atoms with E-state index in [1.807, 2.05) is 42.5 Å². The van der Waals surface area contributed by atoms with Gasteiger partial charge in [0.25, 0.3) is 0 Å². The number of pyridine rings is 1. The minimum atomic E-state index is -0.0161. The molecule has 166 valence electrons. The molecule has 0 atom stereocenters. The Hall–Kier alpha value is -3.70. The van der Waals surface area contributed by atoms with E-state index >= 15 is 0 Å². The second kappa shape index (κ2) is 9.43. The number of rotatable bonds is 6. The van der Waals surface area contributed by atoms with Gasteiger partial charge in [-0.1, -0.05) is 48.5 Å². The van der Waals surface area contributed by atoms with Gasteiger partial charge in [-0.2, -0.15) is 0 Å². The Labute approximate surface area is 194 Å². The van der Waals surface area contributed by atoms with E-state index in [0.717, 1.165) is 55.1 Å². The first-order chi connectivity index (χ1) is 16.2. The number of carbonyl (C=O) groups excluding carboxylic acids is 1. The molecule has 4 aromatic rings. The predicted molar refractivity (Wildman–Crippen MR) is 132 cm³/mol. The zero-order valence-electron chi connectivity index (χ0n) is 18.8. The van der Waals surface area contributed by atoms with Gasteiger partial charge in [0.2, 0.25) is 0 Å². The number of benzene rings is 3. The van der Waals surface area contributed by atoms with Crippen molar-refractivity contribution in [2.75, 3.05) is 38.2 Å². The normalized spacial score (nSPS) is 14.4. The Morgan fingerprint density at radius 2 is 1.58 bits per heavy atom. The maximum absolute atomic E-state index is 13.5. The number of methoxy groups -OCH3 is 1. The molecule has 1 aromatic heterocycles. The average molecular weight is 438 g/mol. The highest BCUT2D eigenvalue weighted by Gasteiger charge is 2.25. The minimum absolute atomic E-state index is 0.0161. The standard InChI is InChI=1S/C28H27N3O2/c1-33-23-13-11-22(12-14-23)28(32)25-19-29-26-10-6-5-9-24(26)27(25)31-17-15-30(16-18-31)20-21-7-3-2-4-8-21/h2-14,19H,15-18,20H2,1H3. The van der Waals surface area contributed by atoms with Gasteiger partial charge in [-0.05, 0) is 35.9 Å². The van der Waals surface area contributed by atoms with Gasteiger partial charge in [-0.25, -0.2) is 0 Å². The van der Waals surface area contributed by atoms with Crippen molar-refractivity contribution in [3.8, 4) is 5.75 Å². The monoisotopic (exact) mass is 437 g/mol. The van der Waals surface area contributed by atoms with Gasteiger partial charge in [0.1, 0.15) is 5.75 Å². The van der Waals surface area contributed by atoms with E-state index in [1.165, 1.54) is 5.56 Å². The lowest BCUT2D eigenvalue weighted by molar-refractivity contribution is 0.103. The van der Waals surface area contributed by atoms with Gasteiger partial charge >= 0.3 is 0 Å². The van der Waals surface area contributed by atoms with Gasteiger partial charge in [-0.3, -0.25) is 14.7 Å². The molecule has 0 amide bonds. The van der Waals surface area contributed by atoms with Gasteiger partial charge in [0.05, 0.1) is 23.9 Å². The number of piperazine rings is 1. The topological polar surface area (TPSA) is 45.7 Å². The van der Waals surface area contributed by atoms with Crippen LogP contribution in [0, 0.1) is 0 Å². The van der Waals surface area contributed by atoms with E-state index in [1.54, 1.807) is 13.3 Å². The highest BCUT2D eigenvalue weighted by Crippen LogP contribution is 2.32. The molecule has 5 nitrogen and oxygen atoms in total. The van der Waals surface area contributed by atoms with Crippen molar-refractivity contribution >= 4 is 22.4 Å². The smallest absolute Gasteiger partial charge is 0.196 e. The summed E-state index contributed by atoms with van der Waals surface area (Å²) in [7, 11) is 1.62. The van der Waals surface area contributed by atoms with Gasteiger partial charge < -0.3 is 9.64 Å². The number of anilines is 1. The fraction of sp³-hybridized carbons (Fsp3) is 0.214. The number of hydrogen-bond donors (Lipinski definition) is 0. The van der Waals surface area contributed by atoms with Crippen LogP contribution in [0.3, 0.4) is 0 Å². The second-order valence-electron chi connectivity index (χ2n) is 8.34. The van der Waals surface area contributed by atoms with Gasteiger partial charge in [-0.15, -0.1) is 0 Å². The Kier molecular flexibility index (Phi) is 6.05. The zero-order valence-corrected chi connectivity index (χ0v) is 18.8. The summed E-state index contributed by atoms with van der Waals surface area (Å²) in [5.74, 6) is 0.718. The molecular weight excluding hydrogens is 410 g/mol. The van der Waals surface area contributed by atoms with Crippen molar-refractivity contribution < 1.29 is 9.53 Å². The summed E-state index contributed by atoms with van der Waals surface area (Å²) in [4.78, 5) is 23.0. The molecule has 3 aromatic carbocycles. The first-order valence-corrected chi connectivity index (χ1v) is 11.3. The number of aromatic nitrogens is 1. The quantitative estimate of drug-likeness (QED) is 0.406. The largest absolute Gasteiger partial charge is 0.497 e. The minimum Gasteiger partial charge on any atom is -0.497 e. The molecule has 0 bridgehead atoms. The van der Waals surface area contributed by atoms with Crippen LogP contribution in [0.25, 0.3) is 10.9 Å². The number of ketones is 1. The highest BCUT2D eigenvalue weighted by atomic mass is 16.5. The molecule has 1 fully saturated rings. The molecule has 0 aliphatic carbocycles. The molecule has 0 N–H and O–H groups in total. The number of fused-ring (bicyclic) bond motifs is 1. The maximum Gasteiger partial charge on any atom is 0.196 e. The Bertz CT molecular complexity index is 1250. The van der Waals surface area contributed by atoms with Gasteiger partial charge in [0.15, 0.2) is 5.78 Å². The second-order valence-corrected chi connectivity index (χ2v) is 8.34. The van der Waals surface area contributed by atoms with E-state index < -0.39 is 0 Å². The summed E-state index contributed by atoms with van der Waals surface area (Å²) in [6.45, 7) is 4.57. The Morgan fingerprint density at radius 3 is 2.30 bits per heavy atom. The van der Waals surface area contributed by atoms with Crippen molar-refractivity contribution in [2.45, 2.75) is 6.54 Å². The molecule has 1 aliphatic heterocycles. The summed E-state index contributed by atoms with van der Waals surface area (Å²) in [5.41, 5.74) is 4.51. The first-order valence-electron chi connectivity index (χ1n) is 11.3. The lowest BCUT2D eigenvalue weighted by Gasteiger charge is -2.37. The van der Waals surface area contributed by atoms with Crippen LogP contribution in [0.5, 0.6) is 5.75 Å². The molecule has 2 heterocycles. The van der Waals surface area contributed by atoms with Crippen LogP contribution < -0.4 is 9.64 Å². The van der Waals surface area contributed by atoms with Crippen LogP contribution in [0.15, 0.2) is 85.1 Å². The van der Waals surface area contributed by atoms with E-state index in [9.17, 15) is 4.79 Å². The number of ether oxygens (including phenoxy) is 1. The van der Waals surface area contributed by atoms with E-state index in [4.69, 9.17) is 4.74 Å². The van der Waals surface area contributed by atoms with Crippen molar-refractivity contribution in [1.29, 1.82) is 0 Å². The molecule has 5 heteroatoms. The maximum atomic E-state index is 13.5. The zero-order chi connectivity index (χ0) is 22.6. The summed E-state index contributed by atoms with van der Waals surface area (Å²) < 4.78 is 5.25. The number of hydrogen-bond acceptors (Lipinski definition) is 5. The predicted octanol–water partition coefficient (Wildman–Crippen LogP) is 4.80. The van der Waals surface area contributed by atoms with E-state index in [-0.39, 0.29) is 5.78 Å². The van der Waals surface area contributed by atoms with Crippen LogP contribution in [-0.4, -0.2) is 49.0 Å². The summed E-state index contributed by atoms with van der Waals surface area (Å²) >= 11 is 0. The van der Waals surface area contributed by atoms with Crippen molar-refractivity contribution in [3.05, 3.63) is 102 Å². The summed E-state index contributed by atoms with van der Waals surface area (Å²) in [6.07, 6.45) is 1.74. The molecule has 0 radical (unpaired) electrons. The van der Waals surface area contributed by atoms with Crippen LogP contribution in [-0.2, 0) is 6.54 Å². The highest BCUT2D eigenvalue weighted by molar-refractivity contribution is 6.16. The average Bonchev–Trinajstić information content (AvgIpc) is 2.89. The van der Waals surface area contributed by atoms with Crippen LogP contribution in [0.4, 0.5) is 5.69 Å². The molecule has 5 rings (SSSR count). The fourth-order valence-corrected chi connectivity index (χ4v) is 4.50. The molecule has 1 aliphatic rings. The number of para-hydroxylation sites is 1. The molecular formula is C28H27N3O2. The fourth-order valence-electron chi connectivity index (χ4n) is 4.50. The summed E-state index contributed by atoms with van der Waals surface area (Å²) in [6, 6.07) is 25.9. The Morgan fingerprint density at radius 1 is 0.879 bits per heavy atom. The van der Waals surface area contributed by atoms with Crippen LogP contribution in [0.1, 0.15) is 21.5 Å². The van der Waals surface area contributed by atoms with Crippen LogP contribution >= 0.6 is 0 Å². The molecule has 1 saturated heterocycles. The van der Waals surface area contributed by atoms with Crippen molar-refractivity contribution in [2.24, 2.45) is 0 Å². The first kappa shape index (κ1) is 21.2. The molecule has 0 unspecified atom stereocenters. The summed E-state index contributed by atoms with van der Waals surface area (Å²) in [5, 5.41) is 1.02. The van der Waals surface area contributed by atoms with Crippen molar-refractivity contribution in [3.63, 3.8) is 0 Å². The molecule has 33 heavy (non-hydrogen) atoms. The number of carbonyl (C=O) groups is 1. The van der Waals surface area contributed by atoms with Crippen molar-refractivity contribution in [1.82, 2.24) is 9.88 Å². The SMILES string of the molecule is COc1ccc(C(=O)c2cnc3ccccc3c2N2CCN(Cc3ccccc3)CC2)cc1. The lowest BCUT2D eigenvalue weighted by Crippen LogP contribution is -2.46. The molecule has 0 saturated carbocycles.